The predicted molar refractivity (Wildman–Crippen MR) is 88.2 cm³/mol. The second-order valence-corrected chi connectivity index (χ2v) is 8.82. The van der Waals surface area contributed by atoms with Crippen molar-refractivity contribution in [2.75, 3.05) is 0 Å². The summed E-state index contributed by atoms with van der Waals surface area (Å²) in [6, 6.07) is 4.24. The molecular formula is C14H6Br2F7NO2S. The summed E-state index contributed by atoms with van der Waals surface area (Å²) in [5, 5.41) is -6.46. The number of sulfone groups is 1. The van der Waals surface area contributed by atoms with Gasteiger partial charge in [0.1, 0.15) is 0 Å². The zero-order valence-electron chi connectivity index (χ0n) is 12.5. The van der Waals surface area contributed by atoms with Gasteiger partial charge in [0.2, 0.25) is 0 Å². The van der Waals surface area contributed by atoms with E-state index in [9.17, 15) is 39.2 Å². The van der Waals surface area contributed by atoms with Crippen molar-refractivity contribution in [3.8, 4) is 11.1 Å². The van der Waals surface area contributed by atoms with E-state index in [4.69, 9.17) is 0 Å². The highest BCUT2D eigenvalue weighted by atomic mass is 79.9. The molecule has 2 rings (SSSR count). The van der Waals surface area contributed by atoms with Gasteiger partial charge in [0.05, 0.1) is 4.90 Å². The predicted octanol–water partition coefficient (Wildman–Crippen LogP) is 5.84. The van der Waals surface area contributed by atoms with Crippen LogP contribution >= 0.6 is 31.9 Å². The molecule has 0 radical (unpaired) electrons. The van der Waals surface area contributed by atoms with Gasteiger partial charge in [-0.25, -0.2) is 8.42 Å². The van der Waals surface area contributed by atoms with E-state index in [2.05, 4.69) is 36.8 Å². The first-order valence-electron chi connectivity index (χ1n) is 6.61. The Bertz CT molecular complexity index is 963. The molecule has 0 bridgehead atoms. The van der Waals surface area contributed by atoms with Gasteiger partial charge in [-0.1, -0.05) is 37.9 Å². The molecule has 0 N–H and O–H groups in total. The van der Waals surface area contributed by atoms with Crippen LogP contribution in [0.25, 0.3) is 11.1 Å². The molecule has 0 saturated carbocycles. The number of alkyl halides is 7. The Balaban J connectivity index is 2.85. The fourth-order valence-corrected chi connectivity index (χ4v) is 5.27. The largest absolute Gasteiger partial charge is 0.461 e. The quantitative estimate of drug-likeness (QED) is 0.454. The van der Waals surface area contributed by atoms with Crippen LogP contribution in [0.2, 0.25) is 0 Å². The molecule has 0 aliphatic rings. The van der Waals surface area contributed by atoms with Crippen LogP contribution in [0.5, 0.6) is 0 Å². The molecular weight excluding hydrogens is 539 g/mol. The standard InChI is InChI=1S/C14H6Br2F7NO2S/c15-8-4-9(16)11(7-2-1-3-24-6-7)10(5-8)27(25,26)14(22,23)12(17,18)13(19,20)21/h1-6H. The molecule has 0 aliphatic carbocycles. The monoisotopic (exact) mass is 543 g/mol. The van der Waals surface area contributed by atoms with E-state index in [1.165, 1.54) is 24.4 Å². The second-order valence-electron chi connectivity index (χ2n) is 5.09. The molecule has 0 unspecified atom stereocenters. The summed E-state index contributed by atoms with van der Waals surface area (Å²) in [6.45, 7) is 0. The van der Waals surface area contributed by atoms with Crippen LogP contribution in [0.3, 0.4) is 0 Å². The van der Waals surface area contributed by atoms with Crippen molar-refractivity contribution in [3.05, 3.63) is 45.6 Å². The van der Waals surface area contributed by atoms with Gasteiger partial charge in [-0.05, 0) is 18.2 Å². The Morgan fingerprint density at radius 3 is 2.04 bits per heavy atom. The van der Waals surface area contributed by atoms with E-state index in [-0.39, 0.29) is 14.5 Å². The summed E-state index contributed by atoms with van der Waals surface area (Å²) in [4.78, 5) is 2.23. The Kier molecular flexibility index (Phi) is 5.72. The van der Waals surface area contributed by atoms with Crippen LogP contribution in [-0.4, -0.2) is 30.8 Å². The molecule has 0 atom stereocenters. The first kappa shape index (κ1) is 22.1. The van der Waals surface area contributed by atoms with Crippen LogP contribution in [0.1, 0.15) is 0 Å². The third-order valence-electron chi connectivity index (χ3n) is 3.32. The number of rotatable bonds is 4. The molecule has 0 spiro atoms. The average Bonchev–Trinajstić information content (AvgIpc) is 2.53. The molecule has 1 aromatic carbocycles. The summed E-state index contributed by atoms with van der Waals surface area (Å²) in [6.07, 6.45) is -4.49. The van der Waals surface area contributed by atoms with Crippen LogP contribution in [0.15, 0.2) is 50.5 Å². The van der Waals surface area contributed by atoms with E-state index in [1.807, 2.05) is 0 Å². The molecule has 3 nitrogen and oxygen atoms in total. The number of nitrogens with zero attached hydrogens (tertiary/aromatic N) is 1. The average molecular weight is 545 g/mol. The maximum Gasteiger partial charge on any atom is 0.461 e. The summed E-state index contributed by atoms with van der Waals surface area (Å²) >= 11 is 5.71. The lowest BCUT2D eigenvalue weighted by molar-refractivity contribution is -0.332. The molecule has 0 saturated heterocycles. The van der Waals surface area contributed by atoms with Gasteiger partial charge < -0.3 is 0 Å². The van der Waals surface area contributed by atoms with Gasteiger partial charge in [-0.15, -0.1) is 0 Å². The van der Waals surface area contributed by atoms with E-state index in [0.717, 1.165) is 6.20 Å². The summed E-state index contributed by atoms with van der Waals surface area (Å²) in [7, 11) is -6.49. The van der Waals surface area contributed by atoms with Gasteiger partial charge in [0.15, 0.2) is 0 Å². The molecule has 0 fully saturated rings. The molecule has 0 aliphatic heterocycles. The van der Waals surface area contributed by atoms with Crippen molar-refractivity contribution < 1.29 is 39.2 Å². The Morgan fingerprint density at radius 1 is 0.963 bits per heavy atom. The van der Waals surface area contributed by atoms with Crippen LogP contribution in [-0.2, 0) is 9.84 Å². The Hall–Kier alpha value is -1.21. The molecule has 2 aromatic rings. The minimum atomic E-state index is -6.82. The smallest absolute Gasteiger partial charge is 0.264 e. The number of pyridine rings is 1. The SMILES string of the molecule is O=S(=O)(c1cc(Br)cc(Br)c1-c1cccnc1)C(F)(F)C(F)(F)C(F)(F)F. The molecule has 1 aromatic heterocycles. The normalized spacial score (nSPS) is 13.7. The molecule has 0 amide bonds. The van der Waals surface area contributed by atoms with Crippen molar-refractivity contribution in [2.24, 2.45) is 0 Å². The molecule has 27 heavy (non-hydrogen) atoms. The highest BCUT2D eigenvalue weighted by Gasteiger charge is 2.78. The molecule has 13 heteroatoms. The van der Waals surface area contributed by atoms with Gasteiger partial charge in [0.25, 0.3) is 9.84 Å². The van der Waals surface area contributed by atoms with Crippen molar-refractivity contribution in [1.82, 2.24) is 4.98 Å². The maximum absolute atomic E-state index is 14.0. The fourth-order valence-electron chi connectivity index (χ4n) is 2.02. The number of aromatic nitrogens is 1. The first-order chi connectivity index (χ1) is 12.1. The van der Waals surface area contributed by atoms with Crippen molar-refractivity contribution >= 4 is 41.7 Å². The maximum atomic E-state index is 14.0. The number of halogens is 9. The molecule has 148 valence electrons. The van der Waals surface area contributed by atoms with Crippen molar-refractivity contribution in [3.63, 3.8) is 0 Å². The summed E-state index contributed by atoms with van der Waals surface area (Å²) < 4.78 is 116. The lowest BCUT2D eigenvalue weighted by Crippen LogP contribution is -2.56. The third-order valence-corrected chi connectivity index (χ3v) is 6.23. The van der Waals surface area contributed by atoms with Gasteiger partial charge in [-0.3, -0.25) is 4.98 Å². The van der Waals surface area contributed by atoms with E-state index >= 15 is 0 Å². The minimum absolute atomic E-state index is 0.0958. The topological polar surface area (TPSA) is 47.0 Å². The highest BCUT2D eigenvalue weighted by Crippen LogP contribution is 2.52. The number of hydrogen-bond acceptors (Lipinski definition) is 3. The van der Waals surface area contributed by atoms with Crippen molar-refractivity contribution in [2.45, 2.75) is 22.2 Å². The van der Waals surface area contributed by atoms with Crippen LogP contribution < -0.4 is 0 Å². The van der Waals surface area contributed by atoms with E-state index in [1.54, 1.807) is 0 Å². The van der Waals surface area contributed by atoms with E-state index < -0.39 is 37.6 Å². The fraction of sp³-hybridized carbons (Fsp3) is 0.214. The van der Waals surface area contributed by atoms with Gasteiger partial charge in [-0.2, -0.15) is 30.7 Å². The summed E-state index contributed by atoms with van der Waals surface area (Å²) in [5.41, 5.74) is -0.634. The minimum Gasteiger partial charge on any atom is -0.264 e. The first-order valence-corrected chi connectivity index (χ1v) is 9.68. The molecule has 1 heterocycles. The Labute approximate surface area is 164 Å². The zero-order valence-corrected chi connectivity index (χ0v) is 16.5. The van der Waals surface area contributed by atoms with Gasteiger partial charge >= 0.3 is 17.4 Å². The number of benzene rings is 1. The number of hydrogen-bond donors (Lipinski definition) is 0. The van der Waals surface area contributed by atoms with Gasteiger partial charge in [0, 0.05) is 32.5 Å². The zero-order chi connectivity index (χ0) is 20.8. The lowest BCUT2D eigenvalue weighted by Gasteiger charge is -2.28. The lowest BCUT2D eigenvalue weighted by atomic mass is 10.1. The highest BCUT2D eigenvalue weighted by molar-refractivity contribution is 9.11. The van der Waals surface area contributed by atoms with Crippen LogP contribution in [0.4, 0.5) is 30.7 Å². The third kappa shape index (κ3) is 3.60. The summed E-state index contributed by atoms with van der Waals surface area (Å²) in [5.74, 6) is -6.82. The Morgan fingerprint density at radius 2 is 1.56 bits per heavy atom. The second kappa shape index (κ2) is 6.99. The van der Waals surface area contributed by atoms with Crippen LogP contribution in [0, 0.1) is 0 Å². The van der Waals surface area contributed by atoms with E-state index in [0.29, 0.717) is 6.07 Å². The van der Waals surface area contributed by atoms with Crippen molar-refractivity contribution in [1.29, 1.82) is 0 Å².